The van der Waals surface area contributed by atoms with Gasteiger partial charge in [0, 0.05) is 6.92 Å². The Bertz CT molecular complexity index is 536. The first-order chi connectivity index (χ1) is 9.23. The van der Waals surface area contributed by atoms with Crippen molar-refractivity contribution in [2.75, 3.05) is 0 Å². The molecule has 0 saturated heterocycles. The fourth-order valence-electron chi connectivity index (χ4n) is 1.46. The van der Waals surface area contributed by atoms with Crippen LogP contribution in [0.15, 0.2) is 46.7 Å². The highest BCUT2D eigenvalue weighted by atomic mass is 19.4. The minimum Gasteiger partial charge on any atom is -0.542 e. The minimum absolute atomic E-state index is 1.12. The zero-order valence-corrected chi connectivity index (χ0v) is 10.9. The predicted molar refractivity (Wildman–Crippen MR) is 65.0 cm³/mol. The van der Waals surface area contributed by atoms with E-state index in [0.717, 1.165) is 5.70 Å². The number of benzene rings is 1. The topological polar surface area (TPSA) is 56.9 Å². The molecule has 7 heteroatoms. The maximum Gasteiger partial charge on any atom is 0.430 e. The molecular formula is C13H13F3N2O2. The zero-order chi connectivity index (χ0) is 15.3. The Hall–Kier alpha value is -2.15. The van der Waals surface area contributed by atoms with Gasteiger partial charge in [0.25, 0.3) is 0 Å². The molecule has 1 unspecified atom stereocenters. The molecule has 108 valence electrons. The molecule has 1 aliphatic rings. The molecule has 0 saturated carbocycles. The Morgan fingerprint density at radius 3 is 2.05 bits per heavy atom. The number of quaternary nitrogens is 1. The number of halogens is 3. The van der Waals surface area contributed by atoms with E-state index < -0.39 is 12.1 Å². The van der Waals surface area contributed by atoms with E-state index in [2.05, 4.69) is 36.2 Å². The third-order valence-corrected chi connectivity index (χ3v) is 2.65. The van der Waals surface area contributed by atoms with Gasteiger partial charge in [-0.25, -0.2) is 9.89 Å². The number of carboxylic acid groups (broad SMARTS) is 1. The van der Waals surface area contributed by atoms with Gasteiger partial charge in [0.1, 0.15) is 17.4 Å². The molecule has 2 rings (SSSR count). The molecule has 0 aromatic heterocycles. The number of carbonyl (C=O) groups excluding carboxylic acids is 1. The first kappa shape index (κ1) is 15.9. The molecule has 1 aromatic carbocycles. The molecule has 20 heavy (non-hydrogen) atoms. The average Bonchev–Trinajstić information content (AvgIpc) is 2.71. The van der Waals surface area contributed by atoms with E-state index in [0.29, 0.717) is 0 Å². The van der Waals surface area contributed by atoms with Crippen LogP contribution in [-0.4, -0.2) is 18.5 Å². The van der Waals surface area contributed by atoms with E-state index in [1.807, 2.05) is 19.3 Å². The summed E-state index contributed by atoms with van der Waals surface area (Å²) >= 11 is 0. The Kier molecular flexibility index (Phi) is 5.04. The van der Waals surface area contributed by atoms with Gasteiger partial charge in [-0.05, 0) is 19.1 Å². The summed E-state index contributed by atoms with van der Waals surface area (Å²) in [4.78, 5) is 14.3. The third-order valence-electron chi connectivity index (χ3n) is 2.65. The Labute approximate surface area is 113 Å². The number of hydrogen-bond acceptors (Lipinski definition) is 3. The van der Waals surface area contributed by atoms with Gasteiger partial charge in [0.2, 0.25) is 0 Å². The molecule has 1 aromatic rings. The van der Waals surface area contributed by atoms with Crippen LogP contribution in [0.4, 0.5) is 18.9 Å². The van der Waals surface area contributed by atoms with Gasteiger partial charge in [-0.15, -0.1) is 0 Å². The molecule has 0 radical (unpaired) electrons. The summed E-state index contributed by atoms with van der Waals surface area (Å²) in [7, 11) is 0. The van der Waals surface area contributed by atoms with Crippen molar-refractivity contribution in [3.63, 3.8) is 0 Å². The maximum atomic E-state index is 10.5. The van der Waals surface area contributed by atoms with E-state index in [4.69, 9.17) is 9.90 Å². The monoisotopic (exact) mass is 286 g/mol. The van der Waals surface area contributed by atoms with Crippen molar-refractivity contribution in [3.8, 4) is 0 Å². The number of nitrogens with zero attached hydrogens (tertiary/aromatic N) is 1. The number of aliphatic carboxylic acids is 1. The van der Waals surface area contributed by atoms with Crippen LogP contribution in [0.1, 0.15) is 13.8 Å². The summed E-state index contributed by atoms with van der Waals surface area (Å²) in [6.07, 6.45) is -3.25. The summed E-state index contributed by atoms with van der Waals surface area (Å²) in [5.41, 5.74) is 3.66. The van der Waals surface area contributed by atoms with E-state index in [9.17, 15) is 13.2 Å². The average molecular weight is 286 g/mol. The molecule has 1 heterocycles. The van der Waals surface area contributed by atoms with Crippen LogP contribution in [0.3, 0.4) is 0 Å². The minimum atomic E-state index is -5.19. The number of alkyl halides is 3. The first-order valence-corrected chi connectivity index (χ1v) is 5.66. The summed E-state index contributed by atoms with van der Waals surface area (Å²) in [5, 5.41) is 8.78. The van der Waals surface area contributed by atoms with Crippen molar-refractivity contribution in [2.45, 2.75) is 20.0 Å². The van der Waals surface area contributed by atoms with Gasteiger partial charge in [0.15, 0.2) is 6.34 Å². The highest BCUT2D eigenvalue weighted by Gasteiger charge is 2.28. The summed E-state index contributed by atoms with van der Waals surface area (Å²) in [6, 6.07) is 10.4. The zero-order valence-electron chi connectivity index (χ0n) is 10.9. The number of rotatable bonds is 1. The number of carboxylic acids is 1. The summed E-state index contributed by atoms with van der Waals surface area (Å²) in [5.74, 6) is -3.01. The SMILES string of the molecule is CC1=C(C)[NH+](c2ccccc2)C=N1.O=C([O-])C(F)(F)F. The molecule has 0 spiro atoms. The van der Waals surface area contributed by atoms with E-state index >= 15 is 0 Å². The lowest BCUT2D eigenvalue weighted by Crippen LogP contribution is -3.02. The van der Waals surface area contributed by atoms with Crippen LogP contribution >= 0.6 is 0 Å². The molecule has 0 bridgehead atoms. The molecule has 1 atom stereocenters. The Morgan fingerprint density at radius 2 is 1.70 bits per heavy atom. The maximum absolute atomic E-state index is 10.5. The molecule has 1 aliphatic heterocycles. The van der Waals surface area contributed by atoms with Gasteiger partial charge >= 0.3 is 6.18 Å². The normalized spacial score (nSPS) is 17.8. The molecule has 0 aliphatic carbocycles. The van der Waals surface area contributed by atoms with Gasteiger partial charge < -0.3 is 9.90 Å². The molecule has 1 N–H and O–H groups in total. The van der Waals surface area contributed by atoms with Gasteiger partial charge in [-0.1, -0.05) is 18.2 Å². The van der Waals surface area contributed by atoms with Crippen LogP contribution in [-0.2, 0) is 4.79 Å². The highest BCUT2D eigenvalue weighted by Crippen LogP contribution is 2.11. The van der Waals surface area contributed by atoms with Crippen molar-refractivity contribution in [1.82, 2.24) is 0 Å². The number of para-hydroxylation sites is 1. The van der Waals surface area contributed by atoms with Gasteiger partial charge in [-0.2, -0.15) is 13.2 Å². The second kappa shape index (κ2) is 6.33. The van der Waals surface area contributed by atoms with Crippen LogP contribution in [0, 0.1) is 0 Å². The van der Waals surface area contributed by atoms with E-state index in [-0.39, 0.29) is 0 Å². The Morgan fingerprint density at radius 1 is 1.20 bits per heavy atom. The largest absolute Gasteiger partial charge is 0.542 e. The molecule has 4 nitrogen and oxygen atoms in total. The molecular weight excluding hydrogens is 273 g/mol. The molecule has 0 amide bonds. The summed E-state index contributed by atoms with van der Waals surface area (Å²) in [6.45, 7) is 4.16. The summed E-state index contributed by atoms with van der Waals surface area (Å²) < 4.78 is 31.5. The van der Waals surface area contributed by atoms with Crippen molar-refractivity contribution in [2.24, 2.45) is 4.99 Å². The van der Waals surface area contributed by atoms with Crippen molar-refractivity contribution in [1.29, 1.82) is 0 Å². The first-order valence-electron chi connectivity index (χ1n) is 5.66. The van der Waals surface area contributed by atoms with Crippen molar-refractivity contribution < 1.29 is 28.0 Å². The predicted octanol–water partition coefficient (Wildman–Crippen LogP) is 0.795. The lowest BCUT2D eigenvalue weighted by atomic mass is 10.3. The number of nitrogens with one attached hydrogen (secondary N) is 1. The second-order valence-corrected chi connectivity index (χ2v) is 4.03. The fourth-order valence-corrected chi connectivity index (χ4v) is 1.46. The van der Waals surface area contributed by atoms with Crippen LogP contribution in [0.5, 0.6) is 0 Å². The lowest BCUT2D eigenvalue weighted by Gasteiger charge is -2.08. The van der Waals surface area contributed by atoms with Gasteiger partial charge in [-0.3, -0.25) is 0 Å². The van der Waals surface area contributed by atoms with Crippen molar-refractivity contribution in [3.05, 3.63) is 41.7 Å². The number of allylic oxidation sites excluding steroid dienone is 2. The van der Waals surface area contributed by atoms with Gasteiger partial charge in [0.05, 0.1) is 5.70 Å². The quantitative estimate of drug-likeness (QED) is 0.830. The highest BCUT2D eigenvalue weighted by molar-refractivity contribution is 5.70. The lowest BCUT2D eigenvalue weighted by molar-refractivity contribution is -0.673. The standard InChI is InChI=1S/C11H12N2.C2HF3O2/c1-9-10(2)13(8-12-9)11-6-4-3-5-7-11;3-2(4,5)1(6)7/h3-8H,1-2H3;(H,6,7). The van der Waals surface area contributed by atoms with E-state index in [1.165, 1.54) is 16.3 Å². The fraction of sp³-hybridized carbons (Fsp3) is 0.231. The van der Waals surface area contributed by atoms with E-state index in [1.54, 1.807) is 0 Å². The Balaban J connectivity index is 0.000000246. The van der Waals surface area contributed by atoms with Crippen molar-refractivity contribution >= 4 is 18.0 Å². The number of carbonyl (C=O) groups is 1. The third kappa shape index (κ3) is 4.20. The second-order valence-electron chi connectivity index (χ2n) is 4.03. The van der Waals surface area contributed by atoms with Crippen LogP contribution in [0.25, 0.3) is 0 Å². The number of aliphatic imine (C=N–C) groups is 1. The van der Waals surface area contributed by atoms with Crippen LogP contribution in [0.2, 0.25) is 0 Å². The number of hydrogen-bond donors (Lipinski definition) is 1. The molecule has 0 fully saturated rings. The van der Waals surface area contributed by atoms with Crippen LogP contribution < -0.4 is 10.0 Å². The smallest absolute Gasteiger partial charge is 0.430 e.